The maximum Gasteiger partial charge on any atom is 0.254 e. The molecule has 2 rings (SSSR count). The van der Waals surface area contributed by atoms with Crippen LogP contribution in [0.25, 0.3) is 0 Å². The minimum atomic E-state index is -0.0762. The van der Waals surface area contributed by atoms with E-state index in [0.717, 1.165) is 43.9 Å². The minimum Gasteiger partial charge on any atom is -0.352 e. The lowest BCUT2D eigenvalue weighted by molar-refractivity contribution is 0.0952. The van der Waals surface area contributed by atoms with Crippen molar-refractivity contribution in [3.63, 3.8) is 0 Å². The third-order valence-corrected chi connectivity index (χ3v) is 3.44. The zero-order valence-corrected chi connectivity index (χ0v) is 11.7. The molecule has 1 aromatic heterocycles. The fourth-order valence-electron chi connectivity index (χ4n) is 2.31. The van der Waals surface area contributed by atoms with Gasteiger partial charge in [0.15, 0.2) is 0 Å². The molecule has 1 aromatic rings. The highest BCUT2D eigenvalue weighted by molar-refractivity contribution is 5.94. The molecule has 1 aliphatic heterocycles. The molecule has 1 unspecified atom stereocenters. The summed E-state index contributed by atoms with van der Waals surface area (Å²) in [5, 5.41) is 6.22. The van der Waals surface area contributed by atoms with Gasteiger partial charge in [0.2, 0.25) is 0 Å². The van der Waals surface area contributed by atoms with Gasteiger partial charge in [-0.1, -0.05) is 6.92 Å². The Morgan fingerprint density at radius 1 is 1.58 bits per heavy atom. The van der Waals surface area contributed by atoms with Crippen molar-refractivity contribution in [2.75, 3.05) is 19.6 Å². The highest BCUT2D eigenvalue weighted by Crippen LogP contribution is 2.20. The van der Waals surface area contributed by atoms with Gasteiger partial charge in [0.1, 0.15) is 5.82 Å². The second-order valence-corrected chi connectivity index (χ2v) is 5.03. The van der Waals surface area contributed by atoms with Gasteiger partial charge >= 0.3 is 0 Å². The van der Waals surface area contributed by atoms with Crippen molar-refractivity contribution in [2.45, 2.75) is 39.0 Å². The van der Waals surface area contributed by atoms with Crippen molar-refractivity contribution in [3.8, 4) is 0 Å². The van der Waals surface area contributed by atoms with Gasteiger partial charge in [0.05, 0.1) is 11.3 Å². The number of carbonyl (C=O) groups is 1. The maximum atomic E-state index is 11.9. The average molecular weight is 262 g/mol. The lowest BCUT2D eigenvalue weighted by Gasteiger charge is -2.21. The Kier molecular flexibility index (Phi) is 4.85. The predicted molar refractivity (Wildman–Crippen MR) is 74.2 cm³/mol. The molecule has 104 valence electrons. The highest BCUT2D eigenvalue weighted by Gasteiger charge is 2.19. The Labute approximate surface area is 114 Å². The van der Waals surface area contributed by atoms with Crippen molar-refractivity contribution in [1.29, 1.82) is 0 Å². The molecule has 1 aliphatic rings. The first-order chi connectivity index (χ1) is 9.22. The normalized spacial score (nSPS) is 19.2. The number of nitrogens with one attached hydrogen (secondary N) is 2. The van der Waals surface area contributed by atoms with E-state index in [1.165, 1.54) is 0 Å². The molecular weight excluding hydrogens is 240 g/mol. The fourth-order valence-corrected chi connectivity index (χ4v) is 2.31. The summed E-state index contributed by atoms with van der Waals surface area (Å²) in [7, 11) is 0. The molecule has 1 saturated heterocycles. The van der Waals surface area contributed by atoms with Crippen LogP contribution in [-0.4, -0.2) is 35.5 Å². The summed E-state index contributed by atoms with van der Waals surface area (Å²) in [5.74, 6) is 1.16. The van der Waals surface area contributed by atoms with Gasteiger partial charge in [0, 0.05) is 25.2 Å². The van der Waals surface area contributed by atoms with Crippen LogP contribution in [0.15, 0.2) is 6.20 Å². The van der Waals surface area contributed by atoms with E-state index >= 15 is 0 Å². The van der Waals surface area contributed by atoms with Crippen LogP contribution in [0.2, 0.25) is 0 Å². The van der Waals surface area contributed by atoms with Crippen LogP contribution in [0.1, 0.15) is 54.0 Å². The Morgan fingerprint density at radius 2 is 2.42 bits per heavy atom. The monoisotopic (exact) mass is 262 g/mol. The molecule has 19 heavy (non-hydrogen) atoms. The molecule has 1 fully saturated rings. The zero-order chi connectivity index (χ0) is 13.7. The van der Waals surface area contributed by atoms with Gasteiger partial charge in [0.25, 0.3) is 5.91 Å². The molecule has 0 saturated carbocycles. The van der Waals surface area contributed by atoms with E-state index < -0.39 is 0 Å². The number of nitrogens with zero attached hydrogens (tertiary/aromatic N) is 2. The molecule has 1 atom stereocenters. The largest absolute Gasteiger partial charge is 0.352 e. The van der Waals surface area contributed by atoms with Crippen LogP contribution >= 0.6 is 0 Å². The summed E-state index contributed by atoms with van der Waals surface area (Å²) < 4.78 is 0. The topological polar surface area (TPSA) is 66.9 Å². The summed E-state index contributed by atoms with van der Waals surface area (Å²) in [4.78, 5) is 20.8. The molecule has 2 heterocycles. The Morgan fingerprint density at radius 3 is 3.05 bits per heavy atom. The molecule has 0 spiro atoms. The predicted octanol–water partition coefficient (Wildman–Crippen LogP) is 1.39. The minimum absolute atomic E-state index is 0.0762. The lowest BCUT2D eigenvalue weighted by atomic mass is 9.98. The van der Waals surface area contributed by atoms with Gasteiger partial charge in [-0.3, -0.25) is 4.79 Å². The maximum absolute atomic E-state index is 11.9. The first-order valence-electron chi connectivity index (χ1n) is 7.04. The number of aryl methyl sites for hydroxylation is 1. The number of hydrogen-bond acceptors (Lipinski definition) is 4. The van der Waals surface area contributed by atoms with E-state index in [0.29, 0.717) is 18.0 Å². The third-order valence-electron chi connectivity index (χ3n) is 3.44. The van der Waals surface area contributed by atoms with Gasteiger partial charge in [-0.2, -0.15) is 0 Å². The quantitative estimate of drug-likeness (QED) is 0.860. The number of amides is 1. The van der Waals surface area contributed by atoms with Crippen molar-refractivity contribution < 1.29 is 4.79 Å². The molecule has 0 aromatic carbocycles. The zero-order valence-electron chi connectivity index (χ0n) is 11.7. The van der Waals surface area contributed by atoms with Gasteiger partial charge in [-0.25, -0.2) is 9.97 Å². The standard InChI is InChI=1S/C14H22N4O/c1-3-6-16-14(19)12-9-17-13(18-10(12)2)11-5-4-7-15-8-11/h9,11,15H,3-8H2,1-2H3,(H,16,19). The third kappa shape index (κ3) is 3.50. The summed E-state index contributed by atoms with van der Waals surface area (Å²) >= 11 is 0. The molecule has 0 aliphatic carbocycles. The molecular formula is C14H22N4O. The summed E-state index contributed by atoms with van der Waals surface area (Å²) in [6.45, 7) is 6.60. The van der Waals surface area contributed by atoms with E-state index in [2.05, 4.69) is 20.6 Å². The van der Waals surface area contributed by atoms with E-state index in [9.17, 15) is 4.79 Å². The smallest absolute Gasteiger partial charge is 0.254 e. The second-order valence-electron chi connectivity index (χ2n) is 5.03. The molecule has 1 amide bonds. The first kappa shape index (κ1) is 13.9. The number of hydrogen-bond donors (Lipinski definition) is 2. The van der Waals surface area contributed by atoms with E-state index in [-0.39, 0.29) is 5.91 Å². The summed E-state index contributed by atoms with van der Waals surface area (Å²) in [5.41, 5.74) is 1.35. The Bertz CT molecular complexity index is 441. The molecule has 2 N–H and O–H groups in total. The van der Waals surface area contributed by atoms with Crippen molar-refractivity contribution in [1.82, 2.24) is 20.6 Å². The highest BCUT2D eigenvalue weighted by atomic mass is 16.1. The Balaban J connectivity index is 2.09. The van der Waals surface area contributed by atoms with Crippen molar-refractivity contribution in [3.05, 3.63) is 23.3 Å². The van der Waals surface area contributed by atoms with E-state index in [4.69, 9.17) is 0 Å². The number of carbonyl (C=O) groups excluding carboxylic acids is 1. The first-order valence-corrected chi connectivity index (χ1v) is 7.04. The van der Waals surface area contributed by atoms with Gasteiger partial charge in [-0.15, -0.1) is 0 Å². The number of rotatable bonds is 4. The molecule has 0 radical (unpaired) electrons. The van der Waals surface area contributed by atoms with Crippen molar-refractivity contribution >= 4 is 5.91 Å². The van der Waals surface area contributed by atoms with Crippen LogP contribution < -0.4 is 10.6 Å². The van der Waals surface area contributed by atoms with Crippen LogP contribution in [0.5, 0.6) is 0 Å². The number of piperidine rings is 1. The van der Waals surface area contributed by atoms with Crippen LogP contribution in [0, 0.1) is 6.92 Å². The van der Waals surface area contributed by atoms with Crippen LogP contribution in [0.3, 0.4) is 0 Å². The number of aromatic nitrogens is 2. The van der Waals surface area contributed by atoms with Gasteiger partial charge in [-0.05, 0) is 32.7 Å². The molecule has 0 bridgehead atoms. The van der Waals surface area contributed by atoms with Crippen molar-refractivity contribution in [2.24, 2.45) is 0 Å². The SMILES string of the molecule is CCCNC(=O)c1cnc(C2CCCNC2)nc1C. The molecule has 5 nitrogen and oxygen atoms in total. The fraction of sp³-hybridized carbons (Fsp3) is 0.643. The van der Waals surface area contributed by atoms with E-state index in [1.807, 2.05) is 13.8 Å². The summed E-state index contributed by atoms with van der Waals surface area (Å²) in [6, 6.07) is 0. The van der Waals surface area contributed by atoms with E-state index in [1.54, 1.807) is 6.20 Å². The molecule has 5 heteroatoms. The summed E-state index contributed by atoms with van der Waals surface area (Å²) in [6.07, 6.45) is 4.87. The van der Waals surface area contributed by atoms with Gasteiger partial charge < -0.3 is 10.6 Å². The lowest BCUT2D eigenvalue weighted by Crippen LogP contribution is -2.30. The average Bonchev–Trinajstić information content (AvgIpc) is 2.45. The Hall–Kier alpha value is -1.49. The second kappa shape index (κ2) is 6.61. The van der Waals surface area contributed by atoms with Crippen LogP contribution in [0.4, 0.5) is 0 Å². The van der Waals surface area contributed by atoms with Crippen LogP contribution in [-0.2, 0) is 0 Å².